The van der Waals surface area contributed by atoms with E-state index in [1.54, 1.807) is 31.2 Å². The zero-order valence-electron chi connectivity index (χ0n) is 17.6. The topological polar surface area (TPSA) is 80.0 Å². The molecular formula is C24H22ClFN4O2. The SMILES string of the molecule is Cc1ccc(Cn2nc(-c3cc(Cl)c(NCC(C)O)nc3F)c3ccccc3c2=O)cc1. The van der Waals surface area contributed by atoms with Crippen molar-refractivity contribution in [2.45, 2.75) is 26.5 Å². The Bertz CT molecular complexity index is 1340. The van der Waals surface area contributed by atoms with Crippen molar-refractivity contribution in [1.29, 1.82) is 0 Å². The van der Waals surface area contributed by atoms with E-state index in [-0.39, 0.29) is 40.7 Å². The molecule has 0 aliphatic carbocycles. The fourth-order valence-corrected chi connectivity index (χ4v) is 3.63. The fourth-order valence-electron chi connectivity index (χ4n) is 3.41. The molecule has 1 atom stereocenters. The van der Waals surface area contributed by atoms with Gasteiger partial charge in [-0.2, -0.15) is 9.49 Å². The van der Waals surface area contributed by atoms with Crippen LogP contribution in [0.5, 0.6) is 0 Å². The van der Waals surface area contributed by atoms with Gasteiger partial charge in [-0.3, -0.25) is 4.79 Å². The van der Waals surface area contributed by atoms with Crippen molar-refractivity contribution in [2.24, 2.45) is 0 Å². The minimum Gasteiger partial charge on any atom is -0.392 e. The maximum atomic E-state index is 15.1. The summed E-state index contributed by atoms with van der Waals surface area (Å²) in [5, 5.41) is 17.9. The lowest BCUT2D eigenvalue weighted by Gasteiger charge is -2.14. The van der Waals surface area contributed by atoms with Crippen LogP contribution in [0.4, 0.5) is 10.2 Å². The highest BCUT2D eigenvalue weighted by Gasteiger charge is 2.19. The van der Waals surface area contributed by atoms with Crippen LogP contribution in [-0.2, 0) is 6.54 Å². The van der Waals surface area contributed by atoms with E-state index in [2.05, 4.69) is 15.4 Å². The number of aryl methyl sites for hydroxylation is 1. The molecule has 0 spiro atoms. The number of pyridine rings is 1. The number of halogens is 2. The molecule has 2 N–H and O–H groups in total. The highest BCUT2D eigenvalue weighted by molar-refractivity contribution is 6.33. The number of aliphatic hydroxyl groups excluding tert-OH is 1. The first-order valence-electron chi connectivity index (χ1n) is 10.2. The number of benzene rings is 2. The van der Waals surface area contributed by atoms with Crippen molar-refractivity contribution in [2.75, 3.05) is 11.9 Å². The predicted molar refractivity (Wildman–Crippen MR) is 125 cm³/mol. The molecule has 8 heteroatoms. The molecule has 32 heavy (non-hydrogen) atoms. The Hall–Kier alpha value is -3.29. The van der Waals surface area contributed by atoms with Crippen molar-refractivity contribution in [3.05, 3.63) is 87.0 Å². The summed E-state index contributed by atoms with van der Waals surface area (Å²) in [5.41, 5.74) is 2.12. The first kappa shape index (κ1) is 21.9. The monoisotopic (exact) mass is 452 g/mol. The summed E-state index contributed by atoms with van der Waals surface area (Å²) in [5.74, 6) is -0.647. The molecule has 0 saturated carbocycles. The molecule has 164 valence electrons. The largest absolute Gasteiger partial charge is 0.392 e. The fraction of sp³-hybridized carbons (Fsp3) is 0.208. The molecule has 0 amide bonds. The molecule has 2 aromatic heterocycles. The van der Waals surface area contributed by atoms with Crippen LogP contribution in [0.3, 0.4) is 0 Å². The zero-order valence-corrected chi connectivity index (χ0v) is 18.4. The van der Waals surface area contributed by atoms with Crippen LogP contribution in [0, 0.1) is 12.9 Å². The van der Waals surface area contributed by atoms with Crippen LogP contribution in [0.1, 0.15) is 18.1 Å². The van der Waals surface area contributed by atoms with E-state index in [4.69, 9.17) is 11.6 Å². The van der Waals surface area contributed by atoms with Gasteiger partial charge in [-0.05, 0) is 31.5 Å². The summed E-state index contributed by atoms with van der Waals surface area (Å²) < 4.78 is 16.4. The summed E-state index contributed by atoms with van der Waals surface area (Å²) in [4.78, 5) is 17.0. The number of anilines is 1. The van der Waals surface area contributed by atoms with Crippen LogP contribution in [0.25, 0.3) is 22.0 Å². The van der Waals surface area contributed by atoms with Gasteiger partial charge >= 0.3 is 0 Å². The molecule has 2 heterocycles. The first-order valence-corrected chi connectivity index (χ1v) is 10.5. The number of aromatic nitrogens is 3. The predicted octanol–water partition coefficient (Wildman–Crippen LogP) is 4.40. The van der Waals surface area contributed by atoms with Gasteiger partial charge in [0.1, 0.15) is 11.5 Å². The highest BCUT2D eigenvalue weighted by Crippen LogP contribution is 2.31. The van der Waals surface area contributed by atoms with Crippen molar-refractivity contribution in [3.63, 3.8) is 0 Å². The smallest absolute Gasteiger partial charge is 0.274 e. The molecule has 1 unspecified atom stereocenters. The molecular weight excluding hydrogens is 431 g/mol. The minimum absolute atomic E-state index is 0.0893. The van der Waals surface area contributed by atoms with Crippen LogP contribution in [0.15, 0.2) is 59.4 Å². The average molecular weight is 453 g/mol. The van der Waals surface area contributed by atoms with E-state index >= 15 is 4.39 Å². The maximum absolute atomic E-state index is 15.1. The standard InChI is InChI=1S/C24H22ClFN4O2/c1-14-7-9-16(10-8-14)13-30-24(32)18-6-4-3-5-17(18)21(29-30)19-11-20(25)23(28-22(19)26)27-12-15(2)31/h3-11,15,31H,12-13H2,1-2H3,(H,27,28). The van der Waals surface area contributed by atoms with Crippen LogP contribution >= 0.6 is 11.6 Å². The molecule has 6 nitrogen and oxygen atoms in total. The Morgan fingerprint density at radius 1 is 1.16 bits per heavy atom. The first-order chi connectivity index (χ1) is 15.3. The van der Waals surface area contributed by atoms with Gasteiger partial charge in [0.15, 0.2) is 0 Å². The van der Waals surface area contributed by atoms with E-state index < -0.39 is 12.1 Å². The zero-order chi connectivity index (χ0) is 22.8. The average Bonchev–Trinajstić information content (AvgIpc) is 2.77. The molecule has 4 rings (SSSR count). The number of hydrogen-bond donors (Lipinski definition) is 2. The molecule has 2 aromatic carbocycles. The van der Waals surface area contributed by atoms with Crippen molar-refractivity contribution in [1.82, 2.24) is 14.8 Å². The second kappa shape index (κ2) is 9.06. The van der Waals surface area contributed by atoms with Gasteiger partial charge in [-0.15, -0.1) is 0 Å². The summed E-state index contributed by atoms with van der Waals surface area (Å²) in [7, 11) is 0. The highest BCUT2D eigenvalue weighted by atomic mass is 35.5. The van der Waals surface area contributed by atoms with E-state index in [0.717, 1.165) is 11.1 Å². The van der Waals surface area contributed by atoms with Gasteiger partial charge in [-0.25, -0.2) is 9.67 Å². The molecule has 0 bridgehead atoms. The third-order valence-electron chi connectivity index (χ3n) is 5.07. The second-order valence-electron chi connectivity index (χ2n) is 7.73. The summed E-state index contributed by atoms with van der Waals surface area (Å²) in [6.07, 6.45) is -0.647. The minimum atomic E-state index is -0.777. The number of rotatable bonds is 6. The summed E-state index contributed by atoms with van der Waals surface area (Å²) in [6, 6.07) is 16.2. The molecule has 0 radical (unpaired) electrons. The normalized spacial score (nSPS) is 12.2. The second-order valence-corrected chi connectivity index (χ2v) is 8.14. The Kier molecular flexibility index (Phi) is 6.21. The lowest BCUT2D eigenvalue weighted by atomic mass is 10.1. The lowest BCUT2D eigenvalue weighted by molar-refractivity contribution is 0.208. The van der Waals surface area contributed by atoms with E-state index in [0.29, 0.717) is 10.8 Å². The van der Waals surface area contributed by atoms with Gasteiger partial charge in [0.2, 0.25) is 5.95 Å². The summed E-state index contributed by atoms with van der Waals surface area (Å²) in [6.45, 7) is 4.00. The van der Waals surface area contributed by atoms with Crippen LogP contribution in [0.2, 0.25) is 5.02 Å². The number of nitrogens with zero attached hydrogens (tertiary/aromatic N) is 3. The third-order valence-corrected chi connectivity index (χ3v) is 5.36. The molecule has 0 fully saturated rings. The Morgan fingerprint density at radius 2 is 1.84 bits per heavy atom. The van der Waals surface area contributed by atoms with Gasteiger partial charge in [0.25, 0.3) is 5.56 Å². The lowest BCUT2D eigenvalue weighted by Crippen LogP contribution is -2.24. The third kappa shape index (κ3) is 4.49. The van der Waals surface area contributed by atoms with Crippen molar-refractivity contribution >= 4 is 28.2 Å². The maximum Gasteiger partial charge on any atom is 0.274 e. The van der Waals surface area contributed by atoms with Crippen molar-refractivity contribution < 1.29 is 9.50 Å². The molecule has 0 aliphatic heterocycles. The van der Waals surface area contributed by atoms with Gasteiger partial charge < -0.3 is 10.4 Å². The van der Waals surface area contributed by atoms with Gasteiger partial charge in [-0.1, -0.05) is 59.6 Å². The Morgan fingerprint density at radius 3 is 2.53 bits per heavy atom. The van der Waals surface area contributed by atoms with Crippen LogP contribution in [-0.4, -0.2) is 32.5 Å². The molecule has 0 aliphatic rings. The van der Waals surface area contributed by atoms with Crippen molar-refractivity contribution in [3.8, 4) is 11.3 Å². The quantitative estimate of drug-likeness (QED) is 0.424. The van der Waals surface area contributed by atoms with Crippen LogP contribution < -0.4 is 10.9 Å². The summed E-state index contributed by atoms with van der Waals surface area (Å²) >= 11 is 6.33. The molecule has 4 aromatic rings. The number of fused-ring (bicyclic) bond motifs is 1. The van der Waals surface area contributed by atoms with E-state index in [1.165, 1.54) is 10.7 Å². The molecule has 0 saturated heterocycles. The Labute approximate surface area is 189 Å². The van der Waals surface area contributed by atoms with Gasteiger partial charge in [0.05, 0.1) is 28.6 Å². The number of nitrogens with one attached hydrogen (secondary N) is 1. The van der Waals surface area contributed by atoms with Gasteiger partial charge in [0, 0.05) is 11.9 Å². The Balaban J connectivity index is 1.85. The number of aliphatic hydroxyl groups is 1. The number of hydrogen-bond acceptors (Lipinski definition) is 5. The van der Waals surface area contributed by atoms with E-state index in [9.17, 15) is 9.90 Å². The van der Waals surface area contributed by atoms with E-state index in [1.807, 2.05) is 31.2 Å².